The van der Waals surface area contributed by atoms with Crippen LogP contribution in [-0.2, 0) is 57.4 Å². The zero-order chi connectivity index (χ0) is 73.4. The Morgan fingerprint density at radius 3 is 1.97 bits per heavy atom. The average Bonchev–Trinajstić information content (AvgIpc) is 0.770. The SMILES string of the molecule is CN[C@H](CC(C)C)C(=O)N[C@H]1C(=O)N[C@@H](CC(N)=O)C(=O)N[C@H]2C(=O)N[C@H]3C(=O)N[C@H](C(=O)N[C@H](C(=O)O)c4cccc(OC)c4-c4cc3ccc4O)[C@H](OC3C[C@](C)(N)C(=O)[C@H](C)O3)c3ccc(c(Cl)c3)Oc3cc2cc(c3O[C@@H]2O[C@H](CO)[C@@H](O)[C@H](O)[C@H]2O)Oc2ccc(cc2Cl)[C@H]1O. The summed E-state index contributed by atoms with van der Waals surface area (Å²) in [7, 11) is 2.72. The number of primary amides is 1. The van der Waals surface area contributed by atoms with E-state index in [1.54, 1.807) is 0 Å². The standard InChI is InChI=1S/C67H75Cl2N9O23/c1-25(2)16-35(72-5)59(87)77-50-52(82)28-11-14-38(33(68)18-28)97-41-20-30-21-42(57(41)101-66-55(85)54(84)53(83)43(24-79)99-66)98-39-15-12-29(19-34(39)69)56(100-45-23-67(4,71)58(86)26(3)96-45)51-64(92)76-49(65(93)94)31-8-7-9-40(95-6)46(31)32-17-27(10-13-37(32)80)47(61(89)78-51)75-62(90)48(30)74-60(88)36(22-44(70)81)73-63(50)91/h7-15,17-21,25-26,35-36,43,45,47-56,66,72,79-80,82-85H,16,22-24,71H2,1-6H3,(H2,70,81)(H,73,91)(H,74,88)(H,75,90)(H,76,92)(H,77,87)(H,78,89)(H,93,94)/t26-,35+,36-,43+,45?,47+,48+,49-,50+,51-,52+,53+,54-,55+,56+,66-,67-/m0/s1. The van der Waals surface area contributed by atoms with Crippen molar-refractivity contribution < 1.29 is 112 Å². The number of hydrogen-bond donors (Lipinski definition) is 16. The molecule has 2 fully saturated rings. The maximum atomic E-state index is 16.2. The molecular formula is C67H75Cl2N9O23. The van der Waals surface area contributed by atoms with Crippen LogP contribution in [0.25, 0.3) is 11.1 Å². The number of fused-ring (bicyclic) bond motifs is 15. The number of carbonyl (C=O) groups is 9. The summed E-state index contributed by atoms with van der Waals surface area (Å²) in [5.41, 5.74) is 9.15. The lowest BCUT2D eigenvalue weighted by molar-refractivity contribution is -0.277. The van der Waals surface area contributed by atoms with Crippen molar-refractivity contribution in [2.24, 2.45) is 17.4 Å². The van der Waals surface area contributed by atoms with Gasteiger partial charge in [0.25, 0.3) is 0 Å². The molecule has 32 nitrogen and oxygen atoms in total. The van der Waals surface area contributed by atoms with Crippen molar-refractivity contribution in [3.8, 4) is 51.4 Å². The summed E-state index contributed by atoms with van der Waals surface area (Å²) in [6, 6.07) is 3.16. The number of methoxy groups -OCH3 is 1. The molecule has 7 amide bonds. The second-order valence-corrected chi connectivity index (χ2v) is 26.3. The number of aliphatic carboxylic acids is 1. The van der Waals surface area contributed by atoms with E-state index in [1.165, 1.54) is 88.7 Å². The first-order chi connectivity index (χ1) is 47.8. The summed E-state index contributed by atoms with van der Waals surface area (Å²) in [5.74, 6) is -14.2. The summed E-state index contributed by atoms with van der Waals surface area (Å²) in [4.78, 5) is 132. The number of carboxylic acids is 1. The number of Topliss-reactive ketones (excluding diaryl/α,β-unsaturated/α-hetero) is 1. The molecule has 34 heteroatoms. The number of nitrogens with one attached hydrogen (secondary N) is 7. The number of hydrogen-bond acceptors (Lipinski definition) is 24. The zero-order valence-electron chi connectivity index (χ0n) is 54.8. The van der Waals surface area contributed by atoms with Crippen LogP contribution in [0.4, 0.5) is 0 Å². The number of halogens is 2. The lowest BCUT2D eigenvalue weighted by Gasteiger charge is -2.40. The minimum atomic E-state index is -2.30. The maximum absolute atomic E-state index is 16.2. The molecule has 2 saturated heterocycles. The molecule has 7 aliphatic heterocycles. The van der Waals surface area contributed by atoms with E-state index in [2.05, 4.69) is 37.2 Å². The second-order valence-electron chi connectivity index (χ2n) is 25.5. The Balaban J connectivity index is 1.26. The number of nitrogens with two attached hydrogens (primary N) is 2. The van der Waals surface area contributed by atoms with Crippen LogP contribution < -0.4 is 67.6 Å². The lowest BCUT2D eigenvalue weighted by Crippen LogP contribution is -2.60. The Labute approximate surface area is 585 Å². The number of ketones is 1. The number of phenols is 1. The topological polar surface area (TPSA) is 496 Å². The minimum Gasteiger partial charge on any atom is -0.507 e. The Hall–Kier alpha value is -9.29. The predicted molar refractivity (Wildman–Crippen MR) is 352 cm³/mol. The summed E-state index contributed by atoms with van der Waals surface area (Å²) in [6.07, 6.45) is -17.8. The highest BCUT2D eigenvalue weighted by molar-refractivity contribution is 6.32. The molecule has 0 saturated carbocycles. The fraction of sp³-hybridized carbons (Fsp3) is 0.418. The van der Waals surface area contributed by atoms with Gasteiger partial charge in [-0.2, -0.15) is 0 Å². The average molecular weight is 1450 g/mol. The molecule has 1 unspecified atom stereocenters. The number of carboxylic acid groups (broad SMARTS) is 1. The lowest BCUT2D eigenvalue weighted by atomic mass is 9.88. The molecule has 7 aliphatic rings. The number of likely N-dealkylation sites (N-methyl/N-ethyl adjacent to an activating group) is 1. The molecule has 101 heavy (non-hydrogen) atoms. The van der Waals surface area contributed by atoms with Crippen LogP contribution in [0.3, 0.4) is 0 Å². The molecule has 17 atom stereocenters. The monoisotopic (exact) mass is 1440 g/mol. The van der Waals surface area contributed by atoms with Crippen LogP contribution in [0, 0.1) is 5.92 Å². The highest BCUT2D eigenvalue weighted by atomic mass is 35.5. The van der Waals surface area contributed by atoms with E-state index in [-0.39, 0.29) is 79.4 Å². The van der Waals surface area contributed by atoms with Crippen molar-refractivity contribution in [2.75, 3.05) is 20.8 Å². The largest absolute Gasteiger partial charge is 0.507 e. The van der Waals surface area contributed by atoms with Gasteiger partial charge in [0.1, 0.15) is 95.9 Å². The van der Waals surface area contributed by atoms with Crippen molar-refractivity contribution in [1.29, 1.82) is 0 Å². The van der Waals surface area contributed by atoms with E-state index in [0.717, 1.165) is 24.3 Å². The molecule has 11 bridgehead atoms. The van der Waals surface area contributed by atoms with Gasteiger partial charge in [0.05, 0.1) is 41.8 Å². The third kappa shape index (κ3) is 15.8. The first kappa shape index (κ1) is 74.4. The molecule has 12 rings (SSSR count). The first-order valence-corrected chi connectivity index (χ1v) is 32.5. The second kappa shape index (κ2) is 30.5. The van der Waals surface area contributed by atoms with E-state index in [9.17, 15) is 59.7 Å². The highest BCUT2D eigenvalue weighted by Gasteiger charge is 2.49. The summed E-state index contributed by atoms with van der Waals surface area (Å²) >= 11 is 14.3. The maximum Gasteiger partial charge on any atom is 0.330 e. The van der Waals surface area contributed by atoms with Crippen molar-refractivity contribution in [3.63, 3.8) is 0 Å². The van der Waals surface area contributed by atoms with Crippen LogP contribution in [0.1, 0.15) is 105 Å². The van der Waals surface area contributed by atoms with Gasteiger partial charge in [0.15, 0.2) is 29.6 Å². The van der Waals surface area contributed by atoms with Gasteiger partial charge in [-0.3, -0.25) is 38.4 Å². The van der Waals surface area contributed by atoms with Crippen molar-refractivity contribution in [3.05, 3.63) is 123 Å². The van der Waals surface area contributed by atoms with E-state index >= 15 is 19.2 Å². The molecule has 7 heterocycles. The number of ether oxygens (including phenoxy) is 7. The van der Waals surface area contributed by atoms with Crippen molar-refractivity contribution in [1.82, 2.24) is 37.2 Å². The molecule has 540 valence electrons. The van der Waals surface area contributed by atoms with Crippen LogP contribution in [-0.4, -0.2) is 182 Å². The molecule has 0 aromatic heterocycles. The van der Waals surface area contributed by atoms with Crippen molar-refractivity contribution >= 4 is 76.3 Å². The fourth-order valence-corrected chi connectivity index (χ4v) is 12.9. The Bertz CT molecular complexity index is 4090. The molecule has 0 aliphatic carbocycles. The van der Waals surface area contributed by atoms with Crippen LogP contribution in [0.2, 0.25) is 10.0 Å². The van der Waals surface area contributed by atoms with Gasteiger partial charge in [-0.25, -0.2) is 4.79 Å². The van der Waals surface area contributed by atoms with Gasteiger partial charge in [0, 0.05) is 17.5 Å². The summed E-state index contributed by atoms with van der Waals surface area (Å²) in [6.45, 7) is 5.50. The molecule has 0 spiro atoms. The number of phenolic OH excluding ortho intramolecular Hbond substituents is 1. The predicted octanol–water partition coefficient (Wildman–Crippen LogP) is 0.912. The van der Waals surface area contributed by atoms with Crippen molar-refractivity contribution in [2.45, 2.75) is 150 Å². The van der Waals surface area contributed by atoms with Crippen LogP contribution in [0.5, 0.6) is 40.2 Å². The van der Waals surface area contributed by atoms with Gasteiger partial charge in [-0.1, -0.05) is 67.4 Å². The normalized spacial score (nSPS) is 28.7. The van der Waals surface area contributed by atoms with E-state index < -0.39 is 198 Å². The van der Waals surface area contributed by atoms with Gasteiger partial charge in [-0.05, 0) is 116 Å². The smallest absolute Gasteiger partial charge is 0.330 e. The Morgan fingerprint density at radius 2 is 1.37 bits per heavy atom. The first-order valence-electron chi connectivity index (χ1n) is 31.7. The number of aliphatic hydroxyl groups excluding tert-OH is 5. The number of aliphatic hydroxyl groups is 5. The van der Waals surface area contributed by atoms with Crippen LogP contribution >= 0.6 is 23.2 Å². The van der Waals surface area contributed by atoms with E-state index in [4.69, 9.17) is 67.8 Å². The Morgan fingerprint density at radius 1 is 0.743 bits per heavy atom. The van der Waals surface area contributed by atoms with Gasteiger partial charge < -0.3 is 118 Å². The molecular weight excluding hydrogens is 1370 g/mol. The summed E-state index contributed by atoms with van der Waals surface area (Å²) in [5, 5.41) is 96.1. The third-order valence-corrected chi connectivity index (χ3v) is 18.3. The minimum absolute atomic E-state index is 0.0717. The number of benzene rings is 5. The Kier molecular flexibility index (Phi) is 22.5. The molecule has 5 aromatic rings. The third-order valence-electron chi connectivity index (χ3n) is 17.7. The molecule has 0 radical (unpaired) electrons. The molecule has 18 N–H and O–H groups in total. The number of rotatable bonds is 14. The van der Waals surface area contributed by atoms with E-state index in [1.807, 2.05) is 13.8 Å². The van der Waals surface area contributed by atoms with Gasteiger partial charge in [-0.15, -0.1) is 0 Å². The quantitative estimate of drug-likeness (QED) is 0.0735. The van der Waals surface area contributed by atoms with E-state index in [0.29, 0.717) is 0 Å². The highest BCUT2D eigenvalue weighted by Crippen LogP contribution is 2.49. The van der Waals surface area contributed by atoms with Gasteiger partial charge >= 0.3 is 5.97 Å². The number of amides is 7. The number of aromatic hydroxyl groups is 1. The number of carbonyl (C=O) groups excluding carboxylic acids is 8. The van der Waals surface area contributed by atoms with Gasteiger partial charge in [0.2, 0.25) is 53.4 Å². The zero-order valence-corrected chi connectivity index (χ0v) is 56.3. The van der Waals surface area contributed by atoms with Crippen LogP contribution in [0.15, 0.2) is 84.9 Å². The molecule has 5 aromatic carbocycles. The summed E-state index contributed by atoms with van der Waals surface area (Å²) < 4.78 is 43.7. The fourth-order valence-electron chi connectivity index (χ4n) is 12.5.